The normalized spacial score (nSPS) is 15.1. The van der Waals surface area contributed by atoms with Gasteiger partial charge < -0.3 is 10.2 Å². The van der Waals surface area contributed by atoms with Crippen LogP contribution in [0.15, 0.2) is 63.7 Å². The molecule has 1 aliphatic heterocycles. The molecule has 5 rings (SSSR count). The molecule has 0 radical (unpaired) electrons. The van der Waals surface area contributed by atoms with Gasteiger partial charge in [0.1, 0.15) is 11.4 Å². The van der Waals surface area contributed by atoms with Crippen molar-refractivity contribution < 1.29 is 33.0 Å². The molecule has 1 fully saturated rings. The van der Waals surface area contributed by atoms with Gasteiger partial charge in [-0.1, -0.05) is 23.7 Å². The number of phenols is 1. The minimum atomic E-state index is -4.69. The lowest BCUT2D eigenvalue weighted by molar-refractivity contribution is -0.137. The zero-order valence-corrected chi connectivity index (χ0v) is 22.2. The molecule has 4 aromatic rings. The Bertz CT molecular complexity index is 1800. The zero-order valence-electron chi connectivity index (χ0n) is 20.7. The lowest BCUT2D eigenvalue weighted by atomic mass is 10.1. The number of fused-ring (bicyclic) bond motifs is 1. The van der Waals surface area contributed by atoms with E-state index in [1.165, 1.54) is 28.8 Å². The number of imide groups is 1. The Morgan fingerprint density at radius 1 is 1.00 bits per heavy atom. The van der Waals surface area contributed by atoms with E-state index in [-0.39, 0.29) is 38.0 Å². The molecule has 0 atom stereocenters. The molecule has 0 spiro atoms. The first-order valence-electron chi connectivity index (χ1n) is 11.5. The zero-order chi connectivity index (χ0) is 28.9. The highest BCUT2D eigenvalue weighted by atomic mass is 35.5. The molecule has 8 nitrogen and oxygen atoms in total. The number of thioether (sulfide) groups is 1. The van der Waals surface area contributed by atoms with Gasteiger partial charge in [-0.3, -0.25) is 19.5 Å². The van der Waals surface area contributed by atoms with Gasteiger partial charge >= 0.3 is 6.18 Å². The highest BCUT2D eigenvalue weighted by Crippen LogP contribution is 2.47. The van der Waals surface area contributed by atoms with Crippen LogP contribution in [0.4, 0.5) is 29.3 Å². The molecule has 204 valence electrons. The van der Waals surface area contributed by atoms with Crippen molar-refractivity contribution in [3.63, 3.8) is 0 Å². The van der Waals surface area contributed by atoms with Crippen LogP contribution in [0, 0.1) is 13.8 Å². The number of halogens is 4. The maximum atomic E-state index is 13.6. The lowest BCUT2D eigenvalue weighted by Crippen LogP contribution is -2.17. The topological polar surface area (TPSA) is 116 Å². The maximum absolute atomic E-state index is 13.6. The summed E-state index contributed by atoms with van der Waals surface area (Å²) in [7, 11) is 0. The first-order valence-corrected chi connectivity index (χ1v) is 12.7. The van der Waals surface area contributed by atoms with Crippen molar-refractivity contribution in [3.05, 3.63) is 80.7 Å². The fourth-order valence-corrected chi connectivity index (χ4v) is 5.10. The van der Waals surface area contributed by atoms with Crippen molar-refractivity contribution in [1.29, 1.82) is 0 Å². The number of carbonyl (C=O) groups excluding carboxylic acids is 2. The van der Waals surface area contributed by atoms with Crippen LogP contribution in [0.3, 0.4) is 0 Å². The van der Waals surface area contributed by atoms with Gasteiger partial charge in [0.15, 0.2) is 5.69 Å². The molecule has 1 saturated heterocycles. The van der Waals surface area contributed by atoms with Crippen LogP contribution in [0.5, 0.6) is 11.6 Å². The quantitative estimate of drug-likeness (QED) is 0.165. The van der Waals surface area contributed by atoms with E-state index in [2.05, 4.69) is 15.5 Å². The average molecular weight is 587 g/mol. The molecule has 1 aromatic heterocycles. The highest BCUT2D eigenvalue weighted by Gasteiger charge is 2.33. The van der Waals surface area contributed by atoms with Gasteiger partial charge in [-0.25, -0.2) is 0 Å². The maximum Gasteiger partial charge on any atom is 0.416 e. The Labute approximate surface area is 233 Å². The van der Waals surface area contributed by atoms with Crippen LogP contribution in [0.25, 0.3) is 22.7 Å². The van der Waals surface area contributed by atoms with E-state index in [0.717, 1.165) is 35.0 Å². The van der Waals surface area contributed by atoms with Gasteiger partial charge in [0.2, 0.25) is 5.88 Å². The molecule has 2 heterocycles. The van der Waals surface area contributed by atoms with Crippen molar-refractivity contribution in [2.45, 2.75) is 20.0 Å². The summed E-state index contributed by atoms with van der Waals surface area (Å²) >= 11 is 7.02. The summed E-state index contributed by atoms with van der Waals surface area (Å²) in [6.45, 7) is 3.70. The Kier molecular flexibility index (Phi) is 6.84. The molecule has 3 N–H and O–H groups in total. The van der Waals surface area contributed by atoms with E-state index in [9.17, 15) is 33.0 Å². The number of aromatic nitrogens is 1. The minimum absolute atomic E-state index is 0.0312. The number of nitrogens with one attached hydrogen (secondary N) is 1. The van der Waals surface area contributed by atoms with Crippen LogP contribution in [0.2, 0.25) is 5.02 Å². The van der Waals surface area contributed by atoms with E-state index < -0.39 is 28.8 Å². The van der Waals surface area contributed by atoms with Crippen LogP contribution < -0.4 is 5.32 Å². The summed E-state index contributed by atoms with van der Waals surface area (Å²) in [5, 5.41) is 31.1. The largest absolute Gasteiger partial charge is 0.506 e. The molecule has 0 unspecified atom stereocenters. The van der Waals surface area contributed by atoms with Crippen LogP contribution in [-0.2, 0) is 11.0 Å². The van der Waals surface area contributed by atoms with Crippen LogP contribution in [-0.4, -0.2) is 25.9 Å². The second-order valence-corrected chi connectivity index (χ2v) is 10.3. The molecule has 1 aliphatic rings. The van der Waals surface area contributed by atoms with Crippen molar-refractivity contribution in [2.75, 3.05) is 0 Å². The second-order valence-electron chi connectivity index (χ2n) is 8.93. The molecule has 0 saturated carbocycles. The highest BCUT2D eigenvalue weighted by molar-refractivity contribution is 8.18. The van der Waals surface area contributed by atoms with Crippen LogP contribution in [0.1, 0.15) is 22.3 Å². The summed E-state index contributed by atoms with van der Waals surface area (Å²) in [5.74, 6) is -1.40. The Morgan fingerprint density at radius 3 is 2.38 bits per heavy atom. The van der Waals surface area contributed by atoms with E-state index in [1.54, 1.807) is 18.2 Å². The molecular weight excluding hydrogens is 569 g/mol. The Morgan fingerprint density at radius 2 is 1.75 bits per heavy atom. The SMILES string of the molecule is Cc1ccc(-n2c(O)c(N=Nc3ccc(/C=C4/SC(=O)NC4=O)cc3O)c3c(Cl)cc(C(F)(F)F)cc32)cc1C. The van der Waals surface area contributed by atoms with E-state index in [0.29, 0.717) is 11.3 Å². The first-order chi connectivity index (χ1) is 18.8. The van der Waals surface area contributed by atoms with Gasteiger partial charge in [-0.2, -0.15) is 13.2 Å². The van der Waals surface area contributed by atoms with Gasteiger partial charge in [0.05, 0.1) is 26.4 Å². The van der Waals surface area contributed by atoms with E-state index in [1.807, 2.05) is 13.8 Å². The number of amides is 2. The number of rotatable bonds is 4. The van der Waals surface area contributed by atoms with Crippen molar-refractivity contribution in [1.82, 2.24) is 9.88 Å². The van der Waals surface area contributed by atoms with Crippen LogP contribution >= 0.6 is 23.4 Å². The van der Waals surface area contributed by atoms with Crippen molar-refractivity contribution in [3.8, 4) is 17.3 Å². The number of nitrogens with zero attached hydrogens (tertiary/aromatic N) is 3. The van der Waals surface area contributed by atoms with Gasteiger partial charge in [-0.05, 0) is 84.8 Å². The minimum Gasteiger partial charge on any atom is -0.506 e. The predicted molar refractivity (Wildman–Crippen MR) is 146 cm³/mol. The summed E-state index contributed by atoms with van der Waals surface area (Å²) in [5.41, 5.74) is 1.30. The molecule has 13 heteroatoms. The third-order valence-corrected chi connectivity index (χ3v) is 7.35. The Hall–Kier alpha value is -4.29. The smallest absolute Gasteiger partial charge is 0.416 e. The van der Waals surface area contributed by atoms with Gasteiger partial charge in [0.25, 0.3) is 11.1 Å². The number of hydrogen-bond donors (Lipinski definition) is 3. The van der Waals surface area contributed by atoms with E-state index in [4.69, 9.17) is 11.6 Å². The fourth-order valence-electron chi connectivity index (χ4n) is 4.11. The summed E-state index contributed by atoms with van der Waals surface area (Å²) in [4.78, 5) is 23.3. The van der Waals surface area contributed by atoms with Gasteiger partial charge in [0, 0.05) is 5.69 Å². The van der Waals surface area contributed by atoms with E-state index >= 15 is 0 Å². The Balaban J connectivity index is 1.62. The predicted octanol–water partition coefficient (Wildman–Crippen LogP) is 8.07. The number of azo groups is 1. The monoisotopic (exact) mass is 586 g/mol. The summed E-state index contributed by atoms with van der Waals surface area (Å²) < 4.78 is 42.1. The number of carbonyl (C=O) groups is 2. The lowest BCUT2D eigenvalue weighted by Gasteiger charge is -2.12. The fraction of sp³-hybridized carbons (Fsp3) is 0.111. The number of aromatic hydroxyl groups is 2. The molecule has 0 aliphatic carbocycles. The standard InChI is InChI=1S/C27H18ClF3N4O4S/c1-12-3-5-16(7-13(12)2)35-19-11-15(27(29,30)31)10-17(28)22(19)23(25(35)38)34-33-18-6-4-14(8-20(18)36)9-21-24(37)32-26(39)40-21/h3-11,36,38H,1-2H3,(H,32,37,39)/b21-9+,34-33?. The number of phenolic OH excluding ortho intramolecular Hbond substituents is 1. The molecule has 3 aromatic carbocycles. The van der Waals surface area contributed by atoms with Crippen molar-refractivity contribution >= 4 is 62.9 Å². The third-order valence-electron chi connectivity index (χ3n) is 6.24. The molecule has 40 heavy (non-hydrogen) atoms. The molecule has 2 amide bonds. The first kappa shape index (κ1) is 27.3. The third kappa shape index (κ3) is 5.03. The molecular formula is C27H18ClF3N4O4S. The van der Waals surface area contributed by atoms with Gasteiger partial charge in [-0.15, -0.1) is 10.2 Å². The summed E-state index contributed by atoms with van der Waals surface area (Å²) in [6, 6.07) is 10.9. The second kappa shape index (κ2) is 10.0. The number of aryl methyl sites for hydroxylation is 2. The van der Waals surface area contributed by atoms with Crippen molar-refractivity contribution in [2.24, 2.45) is 10.2 Å². The number of alkyl halides is 3. The number of hydrogen-bond acceptors (Lipinski definition) is 7. The molecule has 0 bridgehead atoms. The summed E-state index contributed by atoms with van der Waals surface area (Å²) in [6.07, 6.45) is -3.28. The number of benzene rings is 3. The average Bonchev–Trinajstić information content (AvgIpc) is 3.34.